The molecule has 0 saturated carbocycles. The SMILES string of the molecule is Cc1cccc(OCC(=O)[C@H](C#N)C(=O)Nc2ccccn2)c1. The van der Waals surface area contributed by atoms with E-state index in [1.54, 1.807) is 42.5 Å². The van der Waals surface area contributed by atoms with Gasteiger partial charge < -0.3 is 10.1 Å². The van der Waals surface area contributed by atoms with E-state index < -0.39 is 17.6 Å². The van der Waals surface area contributed by atoms with Crippen molar-refractivity contribution in [3.05, 3.63) is 54.2 Å². The molecule has 1 aromatic heterocycles. The van der Waals surface area contributed by atoms with E-state index in [-0.39, 0.29) is 12.4 Å². The lowest BCUT2D eigenvalue weighted by atomic mass is 10.1. The van der Waals surface area contributed by atoms with Crippen LogP contribution in [0.15, 0.2) is 48.7 Å². The number of aromatic nitrogens is 1. The molecule has 0 unspecified atom stereocenters. The molecule has 6 nitrogen and oxygen atoms in total. The van der Waals surface area contributed by atoms with Gasteiger partial charge in [-0.25, -0.2) is 4.98 Å². The molecule has 116 valence electrons. The van der Waals surface area contributed by atoms with E-state index >= 15 is 0 Å². The van der Waals surface area contributed by atoms with Crippen LogP contribution < -0.4 is 10.1 Å². The molecule has 0 bridgehead atoms. The number of hydrogen-bond acceptors (Lipinski definition) is 5. The monoisotopic (exact) mass is 309 g/mol. The van der Waals surface area contributed by atoms with Crippen LogP contribution in [0.3, 0.4) is 0 Å². The number of nitrogens with zero attached hydrogens (tertiary/aromatic N) is 2. The van der Waals surface area contributed by atoms with Crippen LogP contribution in [0.1, 0.15) is 5.56 Å². The molecular formula is C17H15N3O3. The van der Waals surface area contributed by atoms with Crippen molar-refractivity contribution in [2.75, 3.05) is 11.9 Å². The summed E-state index contributed by atoms with van der Waals surface area (Å²) in [5.74, 6) is -1.97. The van der Waals surface area contributed by atoms with Gasteiger partial charge >= 0.3 is 0 Å². The third-order valence-electron chi connectivity index (χ3n) is 3.00. The zero-order valence-corrected chi connectivity index (χ0v) is 12.5. The van der Waals surface area contributed by atoms with Crippen LogP contribution in [0.25, 0.3) is 0 Å². The third kappa shape index (κ3) is 4.64. The summed E-state index contributed by atoms with van der Waals surface area (Å²) >= 11 is 0. The number of carbonyl (C=O) groups is 2. The largest absolute Gasteiger partial charge is 0.486 e. The molecule has 0 spiro atoms. The van der Waals surface area contributed by atoms with Crippen LogP contribution in [0.4, 0.5) is 5.82 Å². The van der Waals surface area contributed by atoms with Gasteiger partial charge in [0.2, 0.25) is 0 Å². The molecule has 0 aliphatic rings. The number of ketones is 1. The lowest BCUT2D eigenvalue weighted by molar-refractivity contribution is -0.130. The highest BCUT2D eigenvalue weighted by Crippen LogP contribution is 2.13. The standard InChI is InChI=1S/C17H15N3O3/c1-12-5-4-6-13(9-12)23-11-15(21)14(10-18)17(22)20-16-7-2-3-8-19-16/h2-9,14H,11H2,1H3,(H,19,20,22)/t14-/m0/s1. The highest BCUT2D eigenvalue weighted by atomic mass is 16.5. The maximum absolute atomic E-state index is 12.0. The lowest BCUT2D eigenvalue weighted by Gasteiger charge is -2.10. The summed E-state index contributed by atoms with van der Waals surface area (Å²) < 4.78 is 5.34. The Morgan fingerprint density at radius 2 is 2.13 bits per heavy atom. The predicted octanol–water partition coefficient (Wildman–Crippen LogP) is 2.12. The van der Waals surface area contributed by atoms with Gasteiger partial charge in [0.1, 0.15) is 18.2 Å². The van der Waals surface area contributed by atoms with Crippen molar-refractivity contribution in [1.29, 1.82) is 5.26 Å². The van der Waals surface area contributed by atoms with E-state index in [4.69, 9.17) is 10.00 Å². The van der Waals surface area contributed by atoms with Crippen LogP contribution in [-0.2, 0) is 9.59 Å². The van der Waals surface area contributed by atoms with Crippen LogP contribution in [0, 0.1) is 24.2 Å². The zero-order chi connectivity index (χ0) is 16.7. The number of nitriles is 1. The Morgan fingerprint density at radius 1 is 1.30 bits per heavy atom. The van der Waals surface area contributed by atoms with Gasteiger partial charge in [0.25, 0.3) is 5.91 Å². The van der Waals surface area contributed by atoms with E-state index in [0.29, 0.717) is 5.75 Å². The van der Waals surface area contributed by atoms with Gasteiger partial charge in [0, 0.05) is 6.20 Å². The van der Waals surface area contributed by atoms with Gasteiger partial charge in [-0.2, -0.15) is 5.26 Å². The highest BCUT2D eigenvalue weighted by molar-refractivity contribution is 6.09. The minimum atomic E-state index is -1.44. The molecular weight excluding hydrogens is 294 g/mol. The third-order valence-corrected chi connectivity index (χ3v) is 3.00. The van der Waals surface area contributed by atoms with Crippen LogP contribution in [0.2, 0.25) is 0 Å². The molecule has 0 radical (unpaired) electrons. The van der Waals surface area contributed by atoms with Crippen LogP contribution >= 0.6 is 0 Å². The summed E-state index contributed by atoms with van der Waals surface area (Å²) in [6.07, 6.45) is 1.50. The van der Waals surface area contributed by atoms with Crippen LogP contribution in [-0.4, -0.2) is 23.3 Å². The molecule has 1 amide bonds. The Hall–Kier alpha value is -3.20. The Labute approximate surface area is 133 Å². The first-order valence-electron chi connectivity index (χ1n) is 6.94. The number of pyridine rings is 1. The molecule has 0 saturated heterocycles. The van der Waals surface area contributed by atoms with Gasteiger partial charge in [-0.1, -0.05) is 18.2 Å². The fourth-order valence-electron chi connectivity index (χ4n) is 1.85. The van der Waals surface area contributed by atoms with E-state index in [2.05, 4.69) is 10.3 Å². The predicted molar refractivity (Wildman–Crippen MR) is 83.7 cm³/mol. The first kappa shape index (κ1) is 16.2. The Kier molecular flexibility index (Phi) is 5.42. The molecule has 1 N–H and O–H groups in total. The molecule has 1 aromatic carbocycles. The number of nitrogens with one attached hydrogen (secondary N) is 1. The minimum absolute atomic E-state index is 0.283. The van der Waals surface area contributed by atoms with Gasteiger partial charge in [-0.05, 0) is 36.8 Å². The van der Waals surface area contributed by atoms with Gasteiger partial charge in [-0.3, -0.25) is 9.59 Å². The number of carbonyl (C=O) groups excluding carboxylic acids is 2. The molecule has 23 heavy (non-hydrogen) atoms. The lowest BCUT2D eigenvalue weighted by Crippen LogP contribution is -2.32. The average molecular weight is 309 g/mol. The second-order valence-corrected chi connectivity index (χ2v) is 4.84. The zero-order valence-electron chi connectivity index (χ0n) is 12.5. The first-order valence-corrected chi connectivity index (χ1v) is 6.94. The highest BCUT2D eigenvalue weighted by Gasteiger charge is 2.27. The number of Topliss-reactive ketones (excluding diaryl/α,β-unsaturated/α-hetero) is 1. The van der Waals surface area contributed by atoms with Crippen molar-refractivity contribution in [3.8, 4) is 11.8 Å². The van der Waals surface area contributed by atoms with Gasteiger partial charge in [0.15, 0.2) is 11.7 Å². The number of amides is 1. The molecule has 1 atom stereocenters. The quantitative estimate of drug-likeness (QED) is 0.825. The fourth-order valence-corrected chi connectivity index (χ4v) is 1.85. The summed E-state index contributed by atoms with van der Waals surface area (Å²) in [5, 5.41) is 11.5. The maximum atomic E-state index is 12.0. The molecule has 2 aromatic rings. The Morgan fingerprint density at radius 3 is 2.78 bits per heavy atom. The second kappa shape index (κ2) is 7.71. The molecule has 0 fully saturated rings. The van der Waals surface area contributed by atoms with Crippen LogP contribution in [0.5, 0.6) is 5.75 Å². The van der Waals surface area contributed by atoms with E-state index in [1.165, 1.54) is 6.20 Å². The van der Waals surface area contributed by atoms with Crippen molar-refractivity contribution in [2.24, 2.45) is 5.92 Å². The minimum Gasteiger partial charge on any atom is -0.486 e. The molecule has 6 heteroatoms. The first-order chi connectivity index (χ1) is 11.1. The number of aryl methyl sites for hydroxylation is 1. The Bertz CT molecular complexity index is 738. The summed E-state index contributed by atoms with van der Waals surface area (Å²) in [5.41, 5.74) is 0.986. The fraction of sp³-hybridized carbons (Fsp3) is 0.176. The van der Waals surface area contributed by atoms with Crippen molar-refractivity contribution >= 4 is 17.5 Å². The van der Waals surface area contributed by atoms with Crippen molar-refractivity contribution in [3.63, 3.8) is 0 Å². The van der Waals surface area contributed by atoms with Crippen molar-refractivity contribution < 1.29 is 14.3 Å². The summed E-state index contributed by atoms with van der Waals surface area (Å²) in [4.78, 5) is 28.0. The smallest absolute Gasteiger partial charge is 0.250 e. The molecule has 0 aliphatic heterocycles. The van der Waals surface area contributed by atoms with Gasteiger partial charge in [-0.15, -0.1) is 0 Å². The summed E-state index contributed by atoms with van der Waals surface area (Å²) in [6, 6.07) is 13.8. The van der Waals surface area contributed by atoms with E-state index in [1.807, 2.05) is 13.0 Å². The second-order valence-electron chi connectivity index (χ2n) is 4.84. The van der Waals surface area contributed by atoms with Crippen molar-refractivity contribution in [1.82, 2.24) is 4.98 Å². The number of benzene rings is 1. The van der Waals surface area contributed by atoms with Crippen molar-refractivity contribution in [2.45, 2.75) is 6.92 Å². The Balaban J connectivity index is 1.95. The number of anilines is 1. The molecule has 0 aliphatic carbocycles. The molecule has 1 heterocycles. The van der Waals surface area contributed by atoms with E-state index in [0.717, 1.165) is 5.56 Å². The number of ether oxygens (including phenoxy) is 1. The van der Waals surface area contributed by atoms with E-state index in [9.17, 15) is 9.59 Å². The number of rotatable bonds is 6. The summed E-state index contributed by atoms with van der Waals surface area (Å²) in [6.45, 7) is 1.55. The average Bonchev–Trinajstić information content (AvgIpc) is 2.54. The summed E-state index contributed by atoms with van der Waals surface area (Å²) in [7, 11) is 0. The normalized spacial score (nSPS) is 11.1. The number of hydrogen-bond donors (Lipinski definition) is 1. The van der Waals surface area contributed by atoms with Gasteiger partial charge in [0.05, 0.1) is 6.07 Å². The maximum Gasteiger partial charge on any atom is 0.250 e. The topological polar surface area (TPSA) is 92.1 Å². The molecule has 2 rings (SSSR count).